The molecule has 1 aromatic carbocycles. The van der Waals surface area contributed by atoms with Crippen molar-refractivity contribution in [3.8, 4) is 5.69 Å². The lowest BCUT2D eigenvalue weighted by molar-refractivity contribution is 0.102. The van der Waals surface area contributed by atoms with E-state index in [-0.39, 0.29) is 5.91 Å². The molecule has 0 bridgehead atoms. The van der Waals surface area contributed by atoms with E-state index >= 15 is 0 Å². The lowest BCUT2D eigenvalue weighted by atomic mass is 10.2. The third-order valence-corrected chi connectivity index (χ3v) is 3.74. The molecule has 0 atom stereocenters. The summed E-state index contributed by atoms with van der Waals surface area (Å²) in [6.45, 7) is 0.540. The molecule has 0 saturated heterocycles. The van der Waals surface area contributed by atoms with E-state index in [2.05, 4.69) is 25.7 Å². The number of rotatable bonds is 5. The Morgan fingerprint density at radius 2 is 2.08 bits per heavy atom. The molecule has 4 rings (SSSR count). The molecule has 0 aliphatic heterocycles. The van der Waals surface area contributed by atoms with Gasteiger partial charge in [-0.2, -0.15) is 5.10 Å². The van der Waals surface area contributed by atoms with Gasteiger partial charge in [0.15, 0.2) is 0 Å². The molecule has 0 saturated carbocycles. The number of nitrogens with zero attached hydrogens (tertiary/aromatic N) is 6. The number of hydrogen-bond acceptors (Lipinski definition) is 5. The molecule has 8 nitrogen and oxygen atoms in total. The van der Waals surface area contributed by atoms with E-state index in [1.165, 1.54) is 0 Å². The fourth-order valence-corrected chi connectivity index (χ4v) is 2.51. The molecule has 3 heterocycles. The van der Waals surface area contributed by atoms with Crippen molar-refractivity contribution in [2.24, 2.45) is 0 Å². The van der Waals surface area contributed by atoms with Crippen LogP contribution in [0.1, 0.15) is 16.1 Å². The molecule has 0 aliphatic carbocycles. The van der Waals surface area contributed by atoms with E-state index in [0.717, 1.165) is 11.4 Å². The van der Waals surface area contributed by atoms with Crippen LogP contribution in [0.25, 0.3) is 5.69 Å². The number of hydrogen-bond donors (Lipinski definition) is 1. The van der Waals surface area contributed by atoms with Crippen LogP contribution in [0.4, 0.5) is 5.69 Å². The maximum atomic E-state index is 12.5. The second kappa shape index (κ2) is 6.98. The third kappa shape index (κ3) is 3.48. The van der Waals surface area contributed by atoms with Crippen molar-refractivity contribution in [1.82, 2.24) is 29.8 Å². The maximum Gasteiger partial charge on any atom is 0.255 e. The second-order valence-corrected chi connectivity index (χ2v) is 5.60. The molecule has 0 fully saturated rings. The zero-order valence-corrected chi connectivity index (χ0v) is 13.7. The summed E-state index contributed by atoms with van der Waals surface area (Å²) in [5.74, 6) is -0.218. The van der Waals surface area contributed by atoms with Gasteiger partial charge in [-0.15, -0.1) is 5.10 Å². The van der Waals surface area contributed by atoms with E-state index in [1.807, 2.05) is 24.3 Å². The number of amides is 1. The van der Waals surface area contributed by atoms with Gasteiger partial charge in [-0.05, 0) is 30.3 Å². The highest BCUT2D eigenvalue weighted by molar-refractivity contribution is 6.04. The molecule has 0 aliphatic rings. The number of anilines is 1. The monoisotopic (exact) mass is 345 g/mol. The predicted octanol–water partition coefficient (Wildman–Crippen LogP) is 2.16. The topological polar surface area (TPSA) is 90.5 Å². The van der Waals surface area contributed by atoms with Gasteiger partial charge in [-0.25, -0.2) is 4.68 Å². The van der Waals surface area contributed by atoms with Crippen LogP contribution in [-0.2, 0) is 6.54 Å². The summed E-state index contributed by atoms with van der Waals surface area (Å²) in [5, 5.41) is 14.8. The van der Waals surface area contributed by atoms with Gasteiger partial charge in [0, 0.05) is 18.0 Å². The number of carbonyl (C=O) groups excluding carboxylic acids is 1. The van der Waals surface area contributed by atoms with Gasteiger partial charge < -0.3 is 5.32 Å². The lowest BCUT2D eigenvalue weighted by Crippen LogP contribution is -2.12. The fourth-order valence-electron chi connectivity index (χ4n) is 2.51. The minimum atomic E-state index is -0.218. The van der Waals surface area contributed by atoms with Gasteiger partial charge in [-0.1, -0.05) is 17.3 Å². The Balaban J connectivity index is 1.46. The van der Waals surface area contributed by atoms with Gasteiger partial charge in [0.05, 0.1) is 42.2 Å². The maximum absolute atomic E-state index is 12.5. The zero-order valence-electron chi connectivity index (χ0n) is 13.7. The fraction of sp³-hybridized carbons (Fsp3) is 0.0556. The van der Waals surface area contributed by atoms with Crippen LogP contribution in [-0.4, -0.2) is 35.7 Å². The summed E-state index contributed by atoms with van der Waals surface area (Å²) in [5.41, 5.74) is 2.81. The summed E-state index contributed by atoms with van der Waals surface area (Å²) in [7, 11) is 0. The van der Waals surface area contributed by atoms with Crippen LogP contribution in [0, 0.1) is 0 Å². The summed E-state index contributed by atoms with van der Waals surface area (Å²) >= 11 is 0. The highest BCUT2D eigenvalue weighted by Gasteiger charge is 2.09. The van der Waals surface area contributed by atoms with Crippen LogP contribution in [0.5, 0.6) is 0 Å². The third-order valence-electron chi connectivity index (χ3n) is 3.74. The van der Waals surface area contributed by atoms with Crippen molar-refractivity contribution < 1.29 is 4.79 Å². The molecule has 0 radical (unpaired) electrons. The predicted molar refractivity (Wildman–Crippen MR) is 94.9 cm³/mol. The highest BCUT2D eigenvalue weighted by atomic mass is 16.1. The molecule has 8 heteroatoms. The van der Waals surface area contributed by atoms with Gasteiger partial charge in [0.2, 0.25) is 0 Å². The van der Waals surface area contributed by atoms with E-state index in [4.69, 9.17) is 0 Å². The standard InChI is InChI=1S/C18H15N7O/c26-18(14-4-3-6-17(10-14)25-9-8-20-23-25)22-16-11-21-24(13-16)12-15-5-1-2-7-19-15/h1-11,13H,12H2,(H,22,26). The first-order valence-corrected chi connectivity index (χ1v) is 7.98. The summed E-state index contributed by atoms with van der Waals surface area (Å²) < 4.78 is 3.32. The Labute approximate surface area is 149 Å². The molecule has 0 unspecified atom stereocenters. The van der Waals surface area contributed by atoms with Gasteiger partial charge in [0.25, 0.3) is 5.91 Å². The summed E-state index contributed by atoms with van der Waals surface area (Å²) in [4.78, 5) is 16.8. The van der Waals surface area contributed by atoms with E-state index < -0.39 is 0 Å². The first-order valence-electron chi connectivity index (χ1n) is 7.98. The zero-order chi connectivity index (χ0) is 17.8. The average molecular weight is 345 g/mol. The normalized spacial score (nSPS) is 10.6. The van der Waals surface area contributed by atoms with Crippen LogP contribution >= 0.6 is 0 Å². The van der Waals surface area contributed by atoms with Gasteiger partial charge in [0.1, 0.15) is 0 Å². The smallest absolute Gasteiger partial charge is 0.255 e. The highest BCUT2D eigenvalue weighted by Crippen LogP contribution is 2.13. The van der Waals surface area contributed by atoms with Crippen LogP contribution in [0.15, 0.2) is 73.4 Å². The molecule has 128 valence electrons. The van der Waals surface area contributed by atoms with Gasteiger partial charge in [-0.3, -0.25) is 14.5 Å². The van der Waals surface area contributed by atoms with E-state index in [0.29, 0.717) is 17.8 Å². The minimum absolute atomic E-state index is 0.218. The largest absolute Gasteiger partial charge is 0.319 e. The molecule has 26 heavy (non-hydrogen) atoms. The second-order valence-electron chi connectivity index (χ2n) is 5.60. The number of benzene rings is 1. The Bertz CT molecular complexity index is 1010. The van der Waals surface area contributed by atoms with Crippen molar-refractivity contribution in [3.05, 3.63) is 84.7 Å². The number of aromatic nitrogens is 6. The Morgan fingerprint density at radius 1 is 1.12 bits per heavy atom. The van der Waals surface area contributed by atoms with Crippen molar-refractivity contribution in [2.45, 2.75) is 6.54 Å². The van der Waals surface area contributed by atoms with Crippen molar-refractivity contribution in [3.63, 3.8) is 0 Å². The number of carbonyl (C=O) groups is 1. The molecule has 4 aromatic rings. The Kier molecular flexibility index (Phi) is 4.21. The summed E-state index contributed by atoms with van der Waals surface area (Å²) in [6.07, 6.45) is 8.43. The first kappa shape index (κ1) is 15.7. The molecular weight excluding hydrogens is 330 g/mol. The molecule has 3 aromatic heterocycles. The average Bonchev–Trinajstić information content (AvgIpc) is 3.35. The lowest BCUT2D eigenvalue weighted by Gasteiger charge is -2.05. The Morgan fingerprint density at radius 3 is 2.88 bits per heavy atom. The van der Waals surface area contributed by atoms with E-state index in [1.54, 1.807) is 58.5 Å². The van der Waals surface area contributed by atoms with Crippen molar-refractivity contribution >= 4 is 11.6 Å². The number of pyridine rings is 1. The molecule has 1 N–H and O–H groups in total. The first-order chi connectivity index (χ1) is 12.8. The molecule has 0 spiro atoms. The van der Waals surface area contributed by atoms with Crippen LogP contribution < -0.4 is 5.32 Å². The quantitative estimate of drug-likeness (QED) is 0.598. The Hall–Kier alpha value is -3.81. The van der Waals surface area contributed by atoms with Crippen molar-refractivity contribution in [1.29, 1.82) is 0 Å². The SMILES string of the molecule is O=C(Nc1cnn(Cc2ccccn2)c1)c1cccc(-n2ccnn2)c1. The van der Waals surface area contributed by atoms with Gasteiger partial charge >= 0.3 is 0 Å². The minimum Gasteiger partial charge on any atom is -0.319 e. The van der Waals surface area contributed by atoms with E-state index in [9.17, 15) is 4.79 Å². The molecule has 1 amide bonds. The van der Waals surface area contributed by atoms with Crippen LogP contribution in [0.2, 0.25) is 0 Å². The van der Waals surface area contributed by atoms with Crippen LogP contribution in [0.3, 0.4) is 0 Å². The van der Waals surface area contributed by atoms with Crippen molar-refractivity contribution in [2.75, 3.05) is 5.32 Å². The molecular formula is C18H15N7O. The summed E-state index contributed by atoms with van der Waals surface area (Å²) in [6, 6.07) is 12.9. The number of nitrogens with one attached hydrogen (secondary N) is 1.